The number of halogens is 1. The molecule has 2 N–H and O–H groups in total. The van der Waals surface area contributed by atoms with Crippen LogP contribution in [0.1, 0.15) is 18.4 Å². The number of methoxy groups -OCH3 is 1. The highest BCUT2D eigenvalue weighted by molar-refractivity contribution is 6.32. The molecule has 0 amide bonds. The van der Waals surface area contributed by atoms with E-state index in [1.54, 1.807) is 7.11 Å². The van der Waals surface area contributed by atoms with Crippen molar-refractivity contribution in [2.24, 2.45) is 0 Å². The highest BCUT2D eigenvalue weighted by Gasteiger charge is 2.34. The van der Waals surface area contributed by atoms with E-state index in [9.17, 15) is 4.79 Å². The zero-order valence-corrected chi connectivity index (χ0v) is 14.2. The molecule has 1 aliphatic heterocycles. The second kappa shape index (κ2) is 7.23. The highest BCUT2D eigenvalue weighted by Crippen LogP contribution is 2.36. The maximum atomic E-state index is 11.6. The van der Waals surface area contributed by atoms with Gasteiger partial charge < -0.3 is 14.8 Å². The lowest BCUT2D eigenvalue weighted by Gasteiger charge is -2.38. The van der Waals surface area contributed by atoms with Crippen molar-refractivity contribution >= 4 is 17.3 Å². The summed E-state index contributed by atoms with van der Waals surface area (Å²) in [4.78, 5) is 11.6. The summed E-state index contributed by atoms with van der Waals surface area (Å²) in [6.07, 6.45) is 3.31. The summed E-state index contributed by atoms with van der Waals surface area (Å²) in [5.41, 5.74) is 1.27. The summed E-state index contributed by atoms with van der Waals surface area (Å²) < 4.78 is 10.8. The molecular formula is C17H20ClN3O3. The van der Waals surface area contributed by atoms with Crippen LogP contribution in [0, 0.1) is 0 Å². The number of nitrogens with one attached hydrogen (secondary N) is 2. The molecule has 2 aromatic rings. The van der Waals surface area contributed by atoms with Gasteiger partial charge in [0.2, 0.25) is 0 Å². The van der Waals surface area contributed by atoms with Gasteiger partial charge in [0, 0.05) is 25.2 Å². The molecule has 6 nitrogen and oxygen atoms in total. The van der Waals surface area contributed by atoms with Crippen LogP contribution in [0.5, 0.6) is 5.75 Å². The van der Waals surface area contributed by atoms with E-state index in [2.05, 4.69) is 27.6 Å². The molecule has 3 rings (SSSR count). The second-order valence-electron chi connectivity index (χ2n) is 5.90. The SMILES string of the molecule is COc1ccc(C2(CNc3cn[nH]c(=O)c3Cl)CCOCC2)cc1. The number of aromatic amines is 1. The topological polar surface area (TPSA) is 76.2 Å². The first-order valence-electron chi connectivity index (χ1n) is 7.84. The largest absolute Gasteiger partial charge is 0.497 e. The summed E-state index contributed by atoms with van der Waals surface area (Å²) in [6.45, 7) is 2.05. The Hall–Kier alpha value is -2.05. The molecule has 1 aromatic carbocycles. The van der Waals surface area contributed by atoms with Crippen LogP contribution in [0.25, 0.3) is 0 Å². The number of nitrogens with zero attached hydrogens (tertiary/aromatic N) is 1. The molecule has 1 aliphatic rings. The fourth-order valence-electron chi connectivity index (χ4n) is 3.05. The van der Waals surface area contributed by atoms with Crippen LogP contribution >= 0.6 is 11.6 Å². The zero-order chi connectivity index (χ0) is 17.0. The van der Waals surface area contributed by atoms with Gasteiger partial charge in [-0.2, -0.15) is 5.10 Å². The number of aromatic nitrogens is 2. The zero-order valence-electron chi connectivity index (χ0n) is 13.5. The second-order valence-corrected chi connectivity index (χ2v) is 6.28. The quantitative estimate of drug-likeness (QED) is 0.867. The van der Waals surface area contributed by atoms with Crippen molar-refractivity contribution < 1.29 is 9.47 Å². The molecular weight excluding hydrogens is 330 g/mol. The van der Waals surface area contributed by atoms with Crippen LogP contribution < -0.4 is 15.6 Å². The van der Waals surface area contributed by atoms with E-state index in [0.29, 0.717) is 25.4 Å². The van der Waals surface area contributed by atoms with Crippen LogP contribution in [-0.4, -0.2) is 37.1 Å². The number of benzene rings is 1. The maximum absolute atomic E-state index is 11.6. The molecule has 128 valence electrons. The predicted octanol–water partition coefficient (Wildman–Crippen LogP) is 2.59. The van der Waals surface area contributed by atoms with Crippen molar-refractivity contribution in [3.63, 3.8) is 0 Å². The monoisotopic (exact) mass is 349 g/mol. The van der Waals surface area contributed by atoms with Crippen LogP contribution in [0.4, 0.5) is 5.69 Å². The van der Waals surface area contributed by atoms with Gasteiger partial charge in [-0.15, -0.1) is 0 Å². The lowest BCUT2D eigenvalue weighted by Crippen LogP contribution is -2.40. The maximum Gasteiger partial charge on any atom is 0.285 e. The summed E-state index contributed by atoms with van der Waals surface area (Å²) in [5, 5.41) is 9.54. The summed E-state index contributed by atoms with van der Waals surface area (Å²) >= 11 is 6.05. The number of anilines is 1. The van der Waals surface area contributed by atoms with E-state index in [1.165, 1.54) is 11.8 Å². The molecule has 0 unspecified atom stereocenters. The van der Waals surface area contributed by atoms with Gasteiger partial charge in [0.15, 0.2) is 0 Å². The molecule has 1 saturated heterocycles. The molecule has 0 spiro atoms. The molecule has 2 heterocycles. The van der Waals surface area contributed by atoms with Crippen molar-refractivity contribution in [3.05, 3.63) is 51.4 Å². The van der Waals surface area contributed by atoms with E-state index in [4.69, 9.17) is 21.1 Å². The minimum Gasteiger partial charge on any atom is -0.497 e. The Morgan fingerprint density at radius 3 is 2.71 bits per heavy atom. The molecule has 0 bridgehead atoms. The molecule has 1 aromatic heterocycles. The normalized spacial score (nSPS) is 16.6. The van der Waals surface area contributed by atoms with Gasteiger partial charge in [0.25, 0.3) is 5.56 Å². The molecule has 0 aliphatic carbocycles. The Morgan fingerprint density at radius 2 is 2.04 bits per heavy atom. The first-order chi connectivity index (χ1) is 11.6. The molecule has 1 fully saturated rings. The van der Waals surface area contributed by atoms with Crippen LogP contribution in [0.3, 0.4) is 0 Å². The Balaban J connectivity index is 1.85. The number of ether oxygens (including phenoxy) is 2. The van der Waals surface area contributed by atoms with Gasteiger partial charge in [-0.1, -0.05) is 23.7 Å². The first-order valence-corrected chi connectivity index (χ1v) is 8.22. The lowest BCUT2D eigenvalue weighted by molar-refractivity contribution is 0.0544. The number of hydrogen-bond acceptors (Lipinski definition) is 5. The standard InChI is InChI=1S/C17H20ClN3O3/c1-23-13-4-2-12(3-5-13)17(6-8-24-9-7-17)11-19-14-10-20-21-16(22)15(14)18/h2-5,10H,6-9,11H2,1H3,(H2,19,21,22). The molecule has 0 atom stereocenters. The third-order valence-corrected chi connectivity index (χ3v) is 4.94. The van der Waals surface area contributed by atoms with Crippen LogP contribution in [-0.2, 0) is 10.2 Å². The van der Waals surface area contributed by atoms with Crippen molar-refractivity contribution in [1.29, 1.82) is 0 Å². The third kappa shape index (κ3) is 3.39. The highest BCUT2D eigenvalue weighted by atomic mass is 35.5. The molecule has 0 saturated carbocycles. The van der Waals surface area contributed by atoms with E-state index < -0.39 is 5.56 Å². The number of rotatable bonds is 5. The number of hydrogen-bond donors (Lipinski definition) is 2. The minimum absolute atomic E-state index is 0.0869. The van der Waals surface area contributed by atoms with E-state index >= 15 is 0 Å². The summed E-state index contributed by atoms with van der Waals surface area (Å²) in [6, 6.07) is 8.11. The van der Waals surface area contributed by atoms with Gasteiger partial charge in [0.1, 0.15) is 10.8 Å². The average Bonchev–Trinajstić information content (AvgIpc) is 2.64. The van der Waals surface area contributed by atoms with Crippen molar-refractivity contribution in [1.82, 2.24) is 10.2 Å². The third-order valence-electron chi connectivity index (χ3n) is 4.57. The minimum atomic E-state index is -0.396. The number of H-pyrrole nitrogens is 1. The Morgan fingerprint density at radius 1 is 1.33 bits per heavy atom. The van der Waals surface area contributed by atoms with E-state index in [0.717, 1.165) is 18.6 Å². The van der Waals surface area contributed by atoms with Crippen molar-refractivity contribution in [2.45, 2.75) is 18.3 Å². The average molecular weight is 350 g/mol. The van der Waals surface area contributed by atoms with Gasteiger partial charge in [-0.05, 0) is 30.5 Å². The first kappa shape index (κ1) is 16.8. The molecule has 24 heavy (non-hydrogen) atoms. The fraction of sp³-hybridized carbons (Fsp3) is 0.412. The predicted molar refractivity (Wildman–Crippen MR) is 93.1 cm³/mol. The van der Waals surface area contributed by atoms with E-state index in [1.807, 2.05) is 12.1 Å². The molecule has 7 heteroatoms. The van der Waals surface area contributed by atoms with Gasteiger partial charge in [-0.3, -0.25) is 4.79 Å². The van der Waals surface area contributed by atoms with Crippen LogP contribution in [0.2, 0.25) is 5.02 Å². The van der Waals surface area contributed by atoms with Crippen LogP contribution in [0.15, 0.2) is 35.3 Å². The Labute approximate surface area is 145 Å². The Bertz CT molecular complexity index is 739. The smallest absolute Gasteiger partial charge is 0.285 e. The van der Waals surface area contributed by atoms with Gasteiger partial charge in [0.05, 0.1) is 19.0 Å². The molecule has 0 radical (unpaired) electrons. The van der Waals surface area contributed by atoms with E-state index in [-0.39, 0.29) is 10.4 Å². The lowest BCUT2D eigenvalue weighted by atomic mass is 9.74. The fourth-order valence-corrected chi connectivity index (χ4v) is 3.20. The van der Waals surface area contributed by atoms with Gasteiger partial charge >= 0.3 is 0 Å². The Kier molecular flexibility index (Phi) is 5.06. The van der Waals surface area contributed by atoms with Gasteiger partial charge in [-0.25, -0.2) is 5.10 Å². The summed E-state index contributed by atoms with van der Waals surface area (Å²) in [7, 11) is 1.66. The van der Waals surface area contributed by atoms with Crippen molar-refractivity contribution in [2.75, 3.05) is 32.2 Å². The summed E-state index contributed by atoms with van der Waals surface area (Å²) in [5.74, 6) is 0.829. The van der Waals surface area contributed by atoms with Crippen molar-refractivity contribution in [3.8, 4) is 5.75 Å².